The minimum atomic E-state index is -0.239. The largest absolute Gasteiger partial charge is 0.496 e. The molecule has 1 unspecified atom stereocenters. The second kappa shape index (κ2) is 6.06. The number of aryl methyl sites for hydroxylation is 1. The van der Waals surface area contributed by atoms with Crippen molar-refractivity contribution in [1.82, 2.24) is 0 Å². The SMILES string of the molecule is COc1ccccc1CCCC(O)C(C)(C)C. The summed E-state index contributed by atoms with van der Waals surface area (Å²) in [5.41, 5.74) is 1.19. The molecular weight excluding hydrogens is 212 g/mol. The molecule has 0 spiro atoms. The normalized spacial score (nSPS) is 13.5. The van der Waals surface area contributed by atoms with E-state index in [9.17, 15) is 5.11 Å². The maximum Gasteiger partial charge on any atom is 0.122 e. The predicted molar refractivity (Wildman–Crippen MR) is 71.4 cm³/mol. The molecule has 0 saturated carbocycles. The topological polar surface area (TPSA) is 29.5 Å². The average molecular weight is 236 g/mol. The third kappa shape index (κ3) is 4.39. The summed E-state index contributed by atoms with van der Waals surface area (Å²) in [7, 11) is 1.70. The highest BCUT2D eigenvalue weighted by molar-refractivity contribution is 5.33. The molecule has 1 atom stereocenters. The molecule has 0 radical (unpaired) electrons. The van der Waals surface area contributed by atoms with Crippen molar-refractivity contribution in [2.75, 3.05) is 7.11 Å². The number of methoxy groups -OCH3 is 1. The second-order valence-electron chi connectivity index (χ2n) is 5.59. The van der Waals surface area contributed by atoms with Gasteiger partial charge in [-0.25, -0.2) is 0 Å². The molecule has 0 saturated heterocycles. The van der Waals surface area contributed by atoms with Crippen molar-refractivity contribution in [3.05, 3.63) is 29.8 Å². The number of hydrogen-bond acceptors (Lipinski definition) is 2. The summed E-state index contributed by atoms with van der Waals surface area (Å²) in [5.74, 6) is 0.942. The summed E-state index contributed by atoms with van der Waals surface area (Å²) in [6.45, 7) is 6.21. The van der Waals surface area contributed by atoms with Gasteiger partial charge in [-0.3, -0.25) is 0 Å². The van der Waals surface area contributed by atoms with Gasteiger partial charge in [-0.1, -0.05) is 39.0 Å². The molecule has 0 fully saturated rings. The number of aliphatic hydroxyl groups excluding tert-OH is 1. The zero-order valence-electron chi connectivity index (χ0n) is 11.4. The lowest BCUT2D eigenvalue weighted by Crippen LogP contribution is -2.25. The maximum atomic E-state index is 9.96. The molecule has 0 heterocycles. The van der Waals surface area contributed by atoms with E-state index in [0.717, 1.165) is 25.0 Å². The standard InChI is InChI=1S/C15H24O2/c1-15(2,3)14(16)11-7-9-12-8-5-6-10-13(12)17-4/h5-6,8,10,14,16H,7,9,11H2,1-4H3. The molecule has 1 aromatic rings. The number of ether oxygens (including phenoxy) is 1. The highest BCUT2D eigenvalue weighted by Crippen LogP contribution is 2.25. The molecule has 0 amide bonds. The first-order chi connectivity index (χ1) is 7.95. The van der Waals surface area contributed by atoms with Gasteiger partial charge in [-0.15, -0.1) is 0 Å². The molecule has 96 valence electrons. The lowest BCUT2D eigenvalue weighted by Gasteiger charge is -2.25. The van der Waals surface area contributed by atoms with E-state index in [1.807, 2.05) is 18.2 Å². The Hall–Kier alpha value is -1.02. The van der Waals surface area contributed by atoms with Crippen LogP contribution in [0.2, 0.25) is 0 Å². The first-order valence-corrected chi connectivity index (χ1v) is 6.25. The molecule has 0 aliphatic heterocycles. The van der Waals surface area contributed by atoms with Crippen LogP contribution in [0, 0.1) is 5.41 Å². The van der Waals surface area contributed by atoms with E-state index in [1.54, 1.807) is 7.11 Å². The van der Waals surface area contributed by atoms with E-state index in [0.29, 0.717) is 0 Å². The molecule has 1 N–H and O–H groups in total. The van der Waals surface area contributed by atoms with Crippen LogP contribution in [0.5, 0.6) is 5.75 Å². The Labute approximate surface area is 105 Å². The lowest BCUT2D eigenvalue weighted by atomic mass is 9.86. The lowest BCUT2D eigenvalue weighted by molar-refractivity contribution is 0.0540. The first kappa shape index (κ1) is 14.0. The summed E-state index contributed by atoms with van der Waals surface area (Å²) < 4.78 is 5.31. The van der Waals surface area contributed by atoms with Crippen molar-refractivity contribution < 1.29 is 9.84 Å². The number of aliphatic hydroxyl groups is 1. The molecule has 0 bridgehead atoms. The minimum absolute atomic E-state index is 0.0270. The summed E-state index contributed by atoms with van der Waals surface area (Å²) in [4.78, 5) is 0. The van der Waals surface area contributed by atoms with Crippen LogP contribution in [-0.4, -0.2) is 18.3 Å². The third-order valence-corrected chi connectivity index (χ3v) is 3.12. The number of hydrogen-bond donors (Lipinski definition) is 1. The molecule has 0 aromatic heterocycles. The molecule has 2 nitrogen and oxygen atoms in total. The Balaban J connectivity index is 2.46. The van der Waals surface area contributed by atoms with E-state index >= 15 is 0 Å². The Bertz CT molecular complexity index is 339. The highest BCUT2D eigenvalue weighted by Gasteiger charge is 2.21. The zero-order chi connectivity index (χ0) is 12.9. The fraction of sp³-hybridized carbons (Fsp3) is 0.600. The Morgan fingerprint density at radius 2 is 1.88 bits per heavy atom. The van der Waals surface area contributed by atoms with Gasteiger partial charge in [0.1, 0.15) is 5.75 Å². The number of para-hydroxylation sites is 1. The Morgan fingerprint density at radius 3 is 2.47 bits per heavy atom. The van der Waals surface area contributed by atoms with E-state index in [-0.39, 0.29) is 11.5 Å². The monoisotopic (exact) mass is 236 g/mol. The van der Waals surface area contributed by atoms with Crippen molar-refractivity contribution in [3.8, 4) is 5.75 Å². The van der Waals surface area contributed by atoms with E-state index < -0.39 is 0 Å². The van der Waals surface area contributed by atoms with Gasteiger partial charge in [0.2, 0.25) is 0 Å². The second-order valence-corrected chi connectivity index (χ2v) is 5.59. The van der Waals surface area contributed by atoms with Crippen molar-refractivity contribution in [2.24, 2.45) is 5.41 Å². The van der Waals surface area contributed by atoms with Crippen molar-refractivity contribution in [1.29, 1.82) is 0 Å². The van der Waals surface area contributed by atoms with Crippen LogP contribution < -0.4 is 4.74 Å². The Morgan fingerprint density at radius 1 is 1.24 bits per heavy atom. The molecule has 1 rings (SSSR count). The number of rotatable bonds is 5. The fourth-order valence-electron chi connectivity index (χ4n) is 1.83. The van der Waals surface area contributed by atoms with Crippen molar-refractivity contribution in [2.45, 2.75) is 46.1 Å². The van der Waals surface area contributed by atoms with Gasteiger partial charge in [0.25, 0.3) is 0 Å². The number of benzene rings is 1. The van der Waals surface area contributed by atoms with E-state index in [1.165, 1.54) is 5.56 Å². The molecular formula is C15H24O2. The van der Waals surface area contributed by atoms with Crippen LogP contribution in [0.15, 0.2) is 24.3 Å². The molecule has 2 heteroatoms. The molecule has 0 aliphatic rings. The van der Waals surface area contributed by atoms with Gasteiger partial charge >= 0.3 is 0 Å². The van der Waals surface area contributed by atoms with Gasteiger partial charge in [0.15, 0.2) is 0 Å². The van der Waals surface area contributed by atoms with Crippen LogP contribution >= 0.6 is 0 Å². The minimum Gasteiger partial charge on any atom is -0.496 e. The molecule has 17 heavy (non-hydrogen) atoms. The van der Waals surface area contributed by atoms with Gasteiger partial charge in [0.05, 0.1) is 13.2 Å². The van der Waals surface area contributed by atoms with Crippen LogP contribution in [0.1, 0.15) is 39.2 Å². The van der Waals surface area contributed by atoms with Crippen molar-refractivity contribution >= 4 is 0 Å². The van der Waals surface area contributed by atoms with Crippen molar-refractivity contribution in [3.63, 3.8) is 0 Å². The summed E-state index contributed by atoms with van der Waals surface area (Å²) in [6.07, 6.45) is 2.54. The predicted octanol–water partition coefficient (Wildman–Crippen LogP) is 3.42. The molecule has 1 aromatic carbocycles. The van der Waals surface area contributed by atoms with Crippen LogP contribution in [-0.2, 0) is 6.42 Å². The molecule has 0 aliphatic carbocycles. The average Bonchev–Trinajstić information content (AvgIpc) is 2.28. The van der Waals surface area contributed by atoms with Gasteiger partial charge < -0.3 is 9.84 Å². The fourth-order valence-corrected chi connectivity index (χ4v) is 1.83. The summed E-state index contributed by atoms with van der Waals surface area (Å²) in [6, 6.07) is 8.07. The van der Waals surface area contributed by atoms with Crippen LogP contribution in [0.4, 0.5) is 0 Å². The Kier molecular flexibility index (Phi) is 5.01. The highest BCUT2D eigenvalue weighted by atomic mass is 16.5. The maximum absolute atomic E-state index is 9.96. The quantitative estimate of drug-likeness (QED) is 0.848. The van der Waals surface area contributed by atoms with Gasteiger partial charge in [-0.05, 0) is 36.3 Å². The first-order valence-electron chi connectivity index (χ1n) is 6.25. The van der Waals surface area contributed by atoms with Gasteiger partial charge in [0, 0.05) is 0 Å². The van der Waals surface area contributed by atoms with Crippen LogP contribution in [0.3, 0.4) is 0 Å². The van der Waals surface area contributed by atoms with Crippen LogP contribution in [0.25, 0.3) is 0 Å². The van der Waals surface area contributed by atoms with Gasteiger partial charge in [-0.2, -0.15) is 0 Å². The summed E-state index contributed by atoms with van der Waals surface area (Å²) >= 11 is 0. The summed E-state index contributed by atoms with van der Waals surface area (Å²) in [5, 5.41) is 9.96. The van der Waals surface area contributed by atoms with E-state index in [2.05, 4.69) is 26.8 Å². The zero-order valence-corrected chi connectivity index (χ0v) is 11.4. The smallest absolute Gasteiger partial charge is 0.122 e. The van der Waals surface area contributed by atoms with E-state index in [4.69, 9.17) is 4.74 Å². The third-order valence-electron chi connectivity index (χ3n) is 3.12.